The van der Waals surface area contributed by atoms with E-state index in [0.717, 1.165) is 22.0 Å². The maximum atomic E-state index is 11.7. The molecule has 20 heavy (non-hydrogen) atoms. The van der Waals surface area contributed by atoms with Crippen LogP contribution in [-0.2, 0) is 0 Å². The highest BCUT2D eigenvalue weighted by atomic mass is 16.1. The summed E-state index contributed by atoms with van der Waals surface area (Å²) < 4.78 is 2.00. The third-order valence-electron chi connectivity index (χ3n) is 3.35. The average Bonchev–Trinajstić information content (AvgIpc) is 2.85. The summed E-state index contributed by atoms with van der Waals surface area (Å²) in [5.74, 6) is 0.0908. The summed E-state index contributed by atoms with van der Waals surface area (Å²) in [5, 5.41) is 0.998. The van der Waals surface area contributed by atoms with Crippen molar-refractivity contribution in [2.75, 3.05) is 0 Å². The molecule has 0 N–H and O–H groups in total. The third-order valence-corrected chi connectivity index (χ3v) is 3.35. The monoisotopic (exact) mass is 261 g/mol. The fraction of sp³-hybridized carbons (Fsp3) is 0.0556. The number of para-hydroxylation sites is 1. The molecule has 0 spiro atoms. The molecule has 0 fully saturated rings. The minimum absolute atomic E-state index is 0.0908. The Kier molecular flexibility index (Phi) is 3.21. The first-order valence-electron chi connectivity index (χ1n) is 6.59. The number of carbonyl (C=O) groups excluding carboxylic acids is 1. The van der Waals surface area contributed by atoms with Crippen LogP contribution in [0.2, 0.25) is 0 Å². The normalized spacial score (nSPS) is 11.2. The van der Waals surface area contributed by atoms with Crippen LogP contribution in [-0.4, -0.2) is 10.4 Å². The highest BCUT2D eigenvalue weighted by Crippen LogP contribution is 2.22. The predicted octanol–water partition coefficient (Wildman–Crippen LogP) is 4.47. The lowest BCUT2D eigenvalue weighted by Crippen LogP contribution is -1.88. The van der Waals surface area contributed by atoms with Crippen molar-refractivity contribution in [1.29, 1.82) is 0 Å². The molecule has 0 unspecified atom stereocenters. The van der Waals surface area contributed by atoms with E-state index in [2.05, 4.69) is 0 Å². The molecule has 0 aliphatic carbocycles. The zero-order valence-electron chi connectivity index (χ0n) is 11.3. The van der Waals surface area contributed by atoms with Gasteiger partial charge in [-0.3, -0.25) is 4.79 Å². The fourth-order valence-electron chi connectivity index (χ4n) is 2.34. The minimum Gasteiger partial charge on any atom is -0.322 e. The molecule has 0 amide bonds. The second-order valence-corrected chi connectivity index (χ2v) is 4.75. The van der Waals surface area contributed by atoms with Gasteiger partial charge in [0, 0.05) is 23.3 Å². The van der Waals surface area contributed by atoms with Crippen molar-refractivity contribution in [3.63, 3.8) is 0 Å². The molecule has 3 aromatic rings. The van der Waals surface area contributed by atoms with Crippen molar-refractivity contribution in [2.24, 2.45) is 0 Å². The number of hydrogen-bond acceptors (Lipinski definition) is 1. The SMILES string of the molecule is CC(=O)c1cn(/C=C/c2ccccc2)c2ccccc12. The quantitative estimate of drug-likeness (QED) is 0.637. The standard InChI is InChI=1S/C18H15NO/c1-14(20)17-13-19(18-10-6-5-9-16(17)18)12-11-15-7-3-2-4-8-15/h2-13H,1H3/b12-11+. The molecule has 2 aromatic carbocycles. The van der Waals surface area contributed by atoms with Crippen LogP contribution in [0.25, 0.3) is 23.2 Å². The van der Waals surface area contributed by atoms with Gasteiger partial charge in [0.1, 0.15) is 0 Å². The summed E-state index contributed by atoms with van der Waals surface area (Å²) >= 11 is 0. The smallest absolute Gasteiger partial charge is 0.161 e. The van der Waals surface area contributed by atoms with E-state index in [1.165, 1.54) is 0 Å². The maximum Gasteiger partial charge on any atom is 0.161 e. The molecular formula is C18H15NO. The first-order valence-corrected chi connectivity index (χ1v) is 6.59. The molecular weight excluding hydrogens is 246 g/mol. The molecule has 2 nitrogen and oxygen atoms in total. The highest BCUT2D eigenvalue weighted by molar-refractivity contribution is 6.07. The van der Waals surface area contributed by atoms with Gasteiger partial charge in [-0.05, 0) is 24.6 Å². The predicted molar refractivity (Wildman–Crippen MR) is 83.6 cm³/mol. The van der Waals surface area contributed by atoms with Crippen LogP contribution in [0.4, 0.5) is 0 Å². The van der Waals surface area contributed by atoms with Crippen molar-refractivity contribution in [2.45, 2.75) is 6.92 Å². The third kappa shape index (κ3) is 2.28. The number of aromatic nitrogens is 1. The van der Waals surface area contributed by atoms with Crippen molar-refractivity contribution in [1.82, 2.24) is 4.57 Å². The minimum atomic E-state index is 0.0908. The maximum absolute atomic E-state index is 11.7. The van der Waals surface area contributed by atoms with E-state index in [1.54, 1.807) is 6.92 Å². The summed E-state index contributed by atoms with van der Waals surface area (Å²) in [5.41, 5.74) is 2.94. The van der Waals surface area contributed by atoms with Crippen molar-refractivity contribution in [3.8, 4) is 0 Å². The van der Waals surface area contributed by atoms with E-state index in [1.807, 2.05) is 77.6 Å². The first kappa shape index (κ1) is 12.4. The Bertz CT molecular complexity index is 782. The number of hydrogen-bond donors (Lipinski definition) is 0. The van der Waals surface area contributed by atoms with Gasteiger partial charge in [0.15, 0.2) is 5.78 Å². The van der Waals surface area contributed by atoms with E-state index in [4.69, 9.17) is 0 Å². The lowest BCUT2D eigenvalue weighted by atomic mass is 10.1. The number of fused-ring (bicyclic) bond motifs is 1. The van der Waals surface area contributed by atoms with E-state index < -0.39 is 0 Å². The molecule has 0 saturated heterocycles. The fourth-order valence-corrected chi connectivity index (χ4v) is 2.34. The highest BCUT2D eigenvalue weighted by Gasteiger charge is 2.09. The van der Waals surface area contributed by atoms with Gasteiger partial charge < -0.3 is 4.57 Å². The Morgan fingerprint density at radius 3 is 2.45 bits per heavy atom. The average molecular weight is 261 g/mol. The number of carbonyl (C=O) groups is 1. The number of ketones is 1. The molecule has 0 atom stereocenters. The van der Waals surface area contributed by atoms with Crippen LogP contribution < -0.4 is 0 Å². The Morgan fingerprint density at radius 2 is 1.70 bits per heavy atom. The lowest BCUT2D eigenvalue weighted by Gasteiger charge is -1.97. The zero-order valence-corrected chi connectivity index (χ0v) is 11.3. The van der Waals surface area contributed by atoms with E-state index in [9.17, 15) is 4.79 Å². The molecule has 0 aliphatic rings. The van der Waals surface area contributed by atoms with E-state index in [-0.39, 0.29) is 5.78 Å². The van der Waals surface area contributed by atoms with Gasteiger partial charge >= 0.3 is 0 Å². The van der Waals surface area contributed by atoms with Gasteiger partial charge in [-0.2, -0.15) is 0 Å². The van der Waals surface area contributed by atoms with Crippen LogP contribution in [0.15, 0.2) is 60.8 Å². The van der Waals surface area contributed by atoms with Gasteiger partial charge in [-0.15, -0.1) is 0 Å². The summed E-state index contributed by atoms with van der Waals surface area (Å²) in [6.07, 6.45) is 5.92. The van der Waals surface area contributed by atoms with E-state index in [0.29, 0.717) is 0 Å². The molecule has 0 bridgehead atoms. The lowest BCUT2D eigenvalue weighted by molar-refractivity contribution is 0.101. The number of nitrogens with zero attached hydrogens (tertiary/aromatic N) is 1. The molecule has 1 aromatic heterocycles. The van der Waals surface area contributed by atoms with Crippen LogP contribution in [0.5, 0.6) is 0 Å². The topological polar surface area (TPSA) is 22.0 Å². The van der Waals surface area contributed by atoms with Gasteiger partial charge in [-0.1, -0.05) is 48.5 Å². The van der Waals surface area contributed by atoms with Crippen molar-refractivity contribution < 1.29 is 4.79 Å². The number of benzene rings is 2. The van der Waals surface area contributed by atoms with Gasteiger partial charge in [0.2, 0.25) is 0 Å². The molecule has 0 radical (unpaired) electrons. The molecule has 0 saturated carbocycles. The van der Waals surface area contributed by atoms with Crippen LogP contribution in [0.1, 0.15) is 22.8 Å². The summed E-state index contributed by atoms with van der Waals surface area (Å²) in [7, 11) is 0. The van der Waals surface area contributed by atoms with Crippen LogP contribution >= 0.6 is 0 Å². The molecule has 1 heterocycles. The summed E-state index contributed by atoms with van der Waals surface area (Å²) in [6, 6.07) is 18.1. The second-order valence-electron chi connectivity index (χ2n) is 4.75. The van der Waals surface area contributed by atoms with Crippen molar-refractivity contribution in [3.05, 3.63) is 71.9 Å². The zero-order chi connectivity index (χ0) is 13.9. The van der Waals surface area contributed by atoms with Crippen LogP contribution in [0.3, 0.4) is 0 Å². The first-order chi connectivity index (χ1) is 9.75. The Morgan fingerprint density at radius 1 is 1.00 bits per heavy atom. The van der Waals surface area contributed by atoms with E-state index >= 15 is 0 Å². The largest absolute Gasteiger partial charge is 0.322 e. The van der Waals surface area contributed by atoms with Crippen molar-refractivity contribution >= 4 is 29.0 Å². The van der Waals surface area contributed by atoms with Gasteiger partial charge in [-0.25, -0.2) is 0 Å². The van der Waals surface area contributed by atoms with Crippen LogP contribution in [0, 0.1) is 0 Å². The summed E-state index contributed by atoms with van der Waals surface area (Å²) in [4.78, 5) is 11.7. The Hall–Kier alpha value is -2.61. The molecule has 3 rings (SSSR count). The number of Topliss-reactive ketones (excluding diaryl/α,β-unsaturated/α-hetero) is 1. The second kappa shape index (κ2) is 5.17. The number of rotatable bonds is 3. The summed E-state index contributed by atoms with van der Waals surface area (Å²) in [6.45, 7) is 1.60. The van der Waals surface area contributed by atoms with Gasteiger partial charge in [0.25, 0.3) is 0 Å². The molecule has 2 heteroatoms. The Labute approximate surface area is 118 Å². The Balaban J connectivity index is 2.08. The van der Waals surface area contributed by atoms with Gasteiger partial charge in [0.05, 0.1) is 5.52 Å². The molecule has 98 valence electrons. The molecule has 0 aliphatic heterocycles.